The first-order valence-electron chi connectivity index (χ1n) is 6.79. The van der Waals surface area contributed by atoms with Gasteiger partial charge in [-0.1, -0.05) is 11.6 Å². The summed E-state index contributed by atoms with van der Waals surface area (Å²) >= 11 is 5.96. The highest BCUT2D eigenvalue weighted by atomic mass is 35.5. The number of aryl methyl sites for hydroxylation is 1. The number of rotatable bonds is 2. The Bertz CT molecular complexity index is 646. The molecule has 1 aliphatic heterocycles. The summed E-state index contributed by atoms with van der Waals surface area (Å²) in [6.07, 6.45) is 1.75. The summed E-state index contributed by atoms with van der Waals surface area (Å²) in [4.78, 5) is 16.7. The molecule has 0 spiro atoms. The number of hydrogen-bond acceptors (Lipinski definition) is 3. The third kappa shape index (κ3) is 2.51. The van der Waals surface area contributed by atoms with E-state index in [-0.39, 0.29) is 11.8 Å². The second-order valence-corrected chi connectivity index (χ2v) is 5.58. The molecular weight excluding hydrogens is 276 g/mol. The van der Waals surface area contributed by atoms with Crippen molar-refractivity contribution in [2.24, 2.45) is 13.0 Å². The van der Waals surface area contributed by atoms with Crippen molar-refractivity contribution in [2.75, 3.05) is 18.4 Å². The van der Waals surface area contributed by atoms with Gasteiger partial charge in [0.1, 0.15) is 0 Å². The number of anilines is 1. The molecule has 106 valence electrons. The number of aromatic nitrogens is 2. The van der Waals surface area contributed by atoms with Crippen LogP contribution in [0.25, 0.3) is 11.0 Å². The van der Waals surface area contributed by atoms with Crippen molar-refractivity contribution in [1.29, 1.82) is 0 Å². The molecule has 0 atom stereocenters. The van der Waals surface area contributed by atoms with E-state index in [0.29, 0.717) is 11.0 Å². The summed E-state index contributed by atoms with van der Waals surface area (Å²) in [6, 6.07) is 5.53. The minimum absolute atomic E-state index is 0.0519. The van der Waals surface area contributed by atoms with Crippen LogP contribution in [-0.2, 0) is 11.8 Å². The number of nitrogens with one attached hydrogen (secondary N) is 2. The second kappa shape index (κ2) is 5.42. The molecule has 1 aliphatic rings. The van der Waals surface area contributed by atoms with Gasteiger partial charge in [-0.2, -0.15) is 0 Å². The van der Waals surface area contributed by atoms with Crippen molar-refractivity contribution in [3.05, 3.63) is 23.2 Å². The number of carbonyl (C=O) groups is 1. The fourth-order valence-corrected chi connectivity index (χ4v) is 2.75. The van der Waals surface area contributed by atoms with Gasteiger partial charge < -0.3 is 9.88 Å². The zero-order valence-electron chi connectivity index (χ0n) is 11.3. The van der Waals surface area contributed by atoms with Gasteiger partial charge in [0.15, 0.2) is 0 Å². The Hall–Kier alpha value is -1.59. The van der Waals surface area contributed by atoms with Crippen molar-refractivity contribution < 1.29 is 4.79 Å². The van der Waals surface area contributed by atoms with E-state index in [4.69, 9.17) is 11.6 Å². The highest BCUT2D eigenvalue weighted by molar-refractivity contribution is 6.31. The van der Waals surface area contributed by atoms with Gasteiger partial charge in [-0.25, -0.2) is 4.98 Å². The van der Waals surface area contributed by atoms with Crippen LogP contribution in [0.15, 0.2) is 18.2 Å². The molecule has 0 aliphatic carbocycles. The molecule has 1 fully saturated rings. The Morgan fingerprint density at radius 3 is 2.95 bits per heavy atom. The van der Waals surface area contributed by atoms with E-state index in [9.17, 15) is 4.79 Å². The third-order valence-electron chi connectivity index (χ3n) is 3.79. The molecule has 2 heterocycles. The Morgan fingerprint density at radius 1 is 1.45 bits per heavy atom. The number of imidazole rings is 1. The van der Waals surface area contributed by atoms with Crippen LogP contribution in [-0.4, -0.2) is 28.5 Å². The van der Waals surface area contributed by atoms with Crippen LogP contribution in [0, 0.1) is 5.92 Å². The van der Waals surface area contributed by atoms with Gasteiger partial charge in [0.2, 0.25) is 11.9 Å². The number of halogens is 1. The third-order valence-corrected chi connectivity index (χ3v) is 4.02. The fourth-order valence-electron chi connectivity index (χ4n) is 2.58. The summed E-state index contributed by atoms with van der Waals surface area (Å²) in [6.45, 7) is 1.80. The van der Waals surface area contributed by atoms with Crippen LogP contribution >= 0.6 is 11.6 Å². The molecule has 0 radical (unpaired) electrons. The smallest absolute Gasteiger partial charge is 0.229 e. The van der Waals surface area contributed by atoms with Crippen LogP contribution in [0.4, 0.5) is 5.95 Å². The van der Waals surface area contributed by atoms with Crippen LogP contribution in [0.5, 0.6) is 0 Å². The van der Waals surface area contributed by atoms with Gasteiger partial charge in [0.25, 0.3) is 0 Å². The van der Waals surface area contributed by atoms with E-state index in [0.717, 1.165) is 37.0 Å². The molecule has 6 heteroatoms. The monoisotopic (exact) mass is 292 g/mol. The lowest BCUT2D eigenvalue weighted by atomic mass is 9.97. The predicted octanol–water partition coefficient (Wildman–Crippen LogP) is 2.16. The number of fused-ring (bicyclic) bond motifs is 1. The van der Waals surface area contributed by atoms with E-state index < -0.39 is 0 Å². The summed E-state index contributed by atoms with van der Waals surface area (Å²) < 4.78 is 1.88. The lowest BCUT2D eigenvalue weighted by Gasteiger charge is -2.21. The van der Waals surface area contributed by atoms with Crippen LogP contribution in [0.1, 0.15) is 12.8 Å². The van der Waals surface area contributed by atoms with Crippen molar-refractivity contribution in [3.8, 4) is 0 Å². The van der Waals surface area contributed by atoms with Gasteiger partial charge >= 0.3 is 0 Å². The molecule has 0 unspecified atom stereocenters. The second-order valence-electron chi connectivity index (χ2n) is 5.14. The number of piperidine rings is 1. The Balaban J connectivity index is 1.83. The Kier molecular flexibility index (Phi) is 3.63. The quantitative estimate of drug-likeness (QED) is 0.892. The maximum Gasteiger partial charge on any atom is 0.229 e. The number of hydrogen-bond donors (Lipinski definition) is 2. The first-order chi connectivity index (χ1) is 9.65. The minimum atomic E-state index is 0.0519. The van der Waals surface area contributed by atoms with Crippen molar-refractivity contribution in [3.63, 3.8) is 0 Å². The molecule has 20 heavy (non-hydrogen) atoms. The average molecular weight is 293 g/mol. The van der Waals surface area contributed by atoms with E-state index in [1.807, 2.05) is 23.7 Å². The molecule has 2 aromatic rings. The Labute approximate surface area is 122 Å². The molecule has 2 N–H and O–H groups in total. The molecule has 0 saturated carbocycles. The van der Waals surface area contributed by atoms with Gasteiger partial charge in [-0.15, -0.1) is 0 Å². The van der Waals surface area contributed by atoms with Gasteiger partial charge in [-0.3, -0.25) is 10.1 Å². The van der Waals surface area contributed by atoms with Crippen molar-refractivity contribution in [1.82, 2.24) is 14.9 Å². The summed E-state index contributed by atoms with van der Waals surface area (Å²) in [5, 5.41) is 6.83. The highest BCUT2D eigenvalue weighted by Crippen LogP contribution is 2.22. The normalized spacial score (nSPS) is 16.5. The van der Waals surface area contributed by atoms with Gasteiger partial charge in [-0.05, 0) is 44.1 Å². The van der Waals surface area contributed by atoms with Gasteiger partial charge in [0, 0.05) is 18.0 Å². The van der Waals surface area contributed by atoms with Crippen LogP contribution < -0.4 is 10.6 Å². The zero-order chi connectivity index (χ0) is 14.1. The average Bonchev–Trinajstić information content (AvgIpc) is 2.75. The van der Waals surface area contributed by atoms with E-state index in [2.05, 4.69) is 15.6 Å². The largest absolute Gasteiger partial charge is 0.317 e. The molecule has 3 rings (SSSR count). The van der Waals surface area contributed by atoms with Crippen molar-refractivity contribution in [2.45, 2.75) is 12.8 Å². The summed E-state index contributed by atoms with van der Waals surface area (Å²) in [5.41, 5.74) is 1.75. The first-order valence-corrected chi connectivity index (χ1v) is 7.16. The van der Waals surface area contributed by atoms with E-state index >= 15 is 0 Å². The maximum absolute atomic E-state index is 12.2. The number of benzene rings is 1. The molecule has 0 bridgehead atoms. The number of nitrogens with zero attached hydrogens (tertiary/aromatic N) is 2. The topological polar surface area (TPSA) is 59.0 Å². The number of carbonyl (C=O) groups excluding carboxylic acids is 1. The zero-order valence-corrected chi connectivity index (χ0v) is 12.1. The van der Waals surface area contributed by atoms with Crippen molar-refractivity contribution >= 4 is 34.5 Å². The van der Waals surface area contributed by atoms with Crippen LogP contribution in [0.2, 0.25) is 5.02 Å². The fraction of sp³-hybridized carbons (Fsp3) is 0.429. The standard InChI is InChI=1S/C14H17ClN4O/c1-19-12-3-2-10(15)8-11(12)17-14(19)18-13(20)9-4-6-16-7-5-9/h2-3,8-9,16H,4-7H2,1H3,(H,17,18,20). The predicted molar refractivity (Wildman–Crippen MR) is 79.9 cm³/mol. The first kappa shape index (κ1) is 13.4. The summed E-state index contributed by atoms with van der Waals surface area (Å²) in [5.74, 6) is 0.696. The molecule has 1 aromatic heterocycles. The lowest BCUT2D eigenvalue weighted by molar-refractivity contribution is -0.120. The SMILES string of the molecule is Cn1c(NC(=O)C2CCNCC2)nc2cc(Cl)ccc21. The highest BCUT2D eigenvalue weighted by Gasteiger charge is 2.22. The Morgan fingerprint density at radius 2 is 2.20 bits per heavy atom. The molecule has 5 nitrogen and oxygen atoms in total. The lowest BCUT2D eigenvalue weighted by Crippen LogP contribution is -2.35. The molecule has 1 saturated heterocycles. The maximum atomic E-state index is 12.2. The molecular formula is C14H17ClN4O. The number of amides is 1. The van der Waals surface area contributed by atoms with Crippen LogP contribution in [0.3, 0.4) is 0 Å². The summed E-state index contributed by atoms with van der Waals surface area (Å²) in [7, 11) is 1.89. The van der Waals surface area contributed by atoms with E-state index in [1.165, 1.54) is 0 Å². The minimum Gasteiger partial charge on any atom is -0.317 e. The molecule has 1 aromatic carbocycles. The van der Waals surface area contributed by atoms with Gasteiger partial charge in [0.05, 0.1) is 11.0 Å². The molecule has 1 amide bonds. The van der Waals surface area contributed by atoms with E-state index in [1.54, 1.807) is 6.07 Å².